The molecule has 0 bridgehead atoms. The van der Waals surface area contributed by atoms with Crippen LogP contribution >= 0.6 is 12.2 Å². The van der Waals surface area contributed by atoms with Crippen molar-refractivity contribution in [3.8, 4) is 5.69 Å². The zero-order valence-electron chi connectivity index (χ0n) is 21.6. The number of pyridine rings is 1. The van der Waals surface area contributed by atoms with Crippen LogP contribution in [-0.2, 0) is 6.42 Å². The van der Waals surface area contributed by atoms with Crippen LogP contribution in [0, 0.1) is 13.8 Å². The Kier molecular flexibility index (Phi) is 6.54. The lowest BCUT2D eigenvalue weighted by atomic mass is 9.96. The summed E-state index contributed by atoms with van der Waals surface area (Å²) in [6.45, 7) is 6.56. The summed E-state index contributed by atoms with van der Waals surface area (Å²) in [6, 6.07) is 25.7. The smallest absolute Gasteiger partial charge is 0.174 e. The molecule has 1 saturated heterocycles. The third-order valence-corrected chi connectivity index (χ3v) is 7.45. The van der Waals surface area contributed by atoms with Crippen LogP contribution in [0.25, 0.3) is 5.69 Å². The molecule has 6 heteroatoms. The number of benzene rings is 2. The molecule has 184 valence electrons. The van der Waals surface area contributed by atoms with Gasteiger partial charge < -0.3 is 19.7 Å². The molecule has 0 radical (unpaired) electrons. The fourth-order valence-corrected chi connectivity index (χ4v) is 5.57. The maximum atomic E-state index is 5.93. The minimum atomic E-state index is -0.0605. The molecule has 5 nitrogen and oxygen atoms in total. The summed E-state index contributed by atoms with van der Waals surface area (Å²) in [5.41, 5.74) is 9.37. The molecule has 0 spiro atoms. The van der Waals surface area contributed by atoms with Crippen molar-refractivity contribution in [3.05, 3.63) is 107 Å². The van der Waals surface area contributed by atoms with Gasteiger partial charge in [0, 0.05) is 48.7 Å². The fraction of sp³-hybridized carbons (Fsp3) is 0.267. The van der Waals surface area contributed by atoms with Crippen LogP contribution in [0.5, 0.6) is 0 Å². The highest BCUT2D eigenvalue weighted by Gasteiger charge is 2.42. The SMILES string of the molecule is CCc1ccc(N2C(=S)N[C@@H](c3ccccn3)[C@@H]2c2cc(C)n(-c3ccc(N(C)C)cc3)c2C)cc1. The second-order valence-electron chi connectivity index (χ2n) is 9.59. The van der Waals surface area contributed by atoms with Gasteiger partial charge in [0.05, 0.1) is 17.8 Å². The van der Waals surface area contributed by atoms with Crippen molar-refractivity contribution in [3.63, 3.8) is 0 Å². The molecule has 2 aromatic carbocycles. The van der Waals surface area contributed by atoms with Gasteiger partial charge in [0.15, 0.2) is 5.11 Å². The van der Waals surface area contributed by atoms with Gasteiger partial charge >= 0.3 is 0 Å². The van der Waals surface area contributed by atoms with Crippen molar-refractivity contribution >= 4 is 28.7 Å². The number of aryl methyl sites for hydroxylation is 2. The van der Waals surface area contributed by atoms with Crippen molar-refractivity contribution in [2.24, 2.45) is 0 Å². The summed E-state index contributed by atoms with van der Waals surface area (Å²) in [6.07, 6.45) is 2.86. The quantitative estimate of drug-likeness (QED) is 0.318. The number of aromatic nitrogens is 2. The first-order chi connectivity index (χ1) is 17.4. The van der Waals surface area contributed by atoms with Crippen molar-refractivity contribution in [2.45, 2.75) is 39.3 Å². The Bertz CT molecular complexity index is 1360. The van der Waals surface area contributed by atoms with E-state index in [0.717, 1.165) is 28.6 Å². The van der Waals surface area contributed by atoms with Crippen molar-refractivity contribution in [1.82, 2.24) is 14.9 Å². The number of hydrogen-bond donors (Lipinski definition) is 1. The molecule has 36 heavy (non-hydrogen) atoms. The summed E-state index contributed by atoms with van der Waals surface area (Å²) in [4.78, 5) is 9.09. The van der Waals surface area contributed by atoms with Crippen LogP contribution in [0.15, 0.2) is 79.0 Å². The minimum Gasteiger partial charge on any atom is -0.378 e. The van der Waals surface area contributed by atoms with Crippen molar-refractivity contribution in [2.75, 3.05) is 23.9 Å². The van der Waals surface area contributed by atoms with Gasteiger partial charge in [0.25, 0.3) is 0 Å². The second kappa shape index (κ2) is 9.78. The zero-order valence-corrected chi connectivity index (χ0v) is 22.4. The van der Waals surface area contributed by atoms with Crippen molar-refractivity contribution < 1.29 is 0 Å². The highest BCUT2D eigenvalue weighted by atomic mass is 32.1. The van der Waals surface area contributed by atoms with Gasteiger partial charge in [-0.05, 0) is 98.2 Å². The molecule has 0 unspecified atom stereocenters. The molecule has 0 saturated carbocycles. The summed E-state index contributed by atoms with van der Waals surface area (Å²) in [5, 5.41) is 4.31. The Labute approximate surface area is 219 Å². The molecule has 1 N–H and O–H groups in total. The van der Waals surface area contributed by atoms with E-state index in [2.05, 4.69) is 115 Å². The highest BCUT2D eigenvalue weighted by molar-refractivity contribution is 7.80. The first-order valence-corrected chi connectivity index (χ1v) is 12.9. The van der Waals surface area contributed by atoms with E-state index < -0.39 is 0 Å². The third-order valence-electron chi connectivity index (χ3n) is 7.13. The van der Waals surface area contributed by atoms with E-state index in [1.54, 1.807) is 0 Å². The zero-order chi connectivity index (χ0) is 25.4. The summed E-state index contributed by atoms with van der Waals surface area (Å²) in [7, 11) is 4.13. The fourth-order valence-electron chi connectivity index (χ4n) is 5.23. The average Bonchev–Trinajstić information content (AvgIpc) is 3.39. The number of nitrogens with one attached hydrogen (secondary N) is 1. The predicted molar refractivity (Wildman–Crippen MR) is 153 cm³/mol. The molecule has 1 aliphatic rings. The number of nitrogens with zero attached hydrogens (tertiary/aromatic N) is 4. The van der Waals surface area contributed by atoms with E-state index in [4.69, 9.17) is 17.2 Å². The lowest BCUT2D eigenvalue weighted by molar-refractivity contribution is 0.565. The molecule has 2 atom stereocenters. The van der Waals surface area contributed by atoms with Gasteiger partial charge in [-0.3, -0.25) is 4.98 Å². The van der Waals surface area contributed by atoms with Gasteiger partial charge in [0.2, 0.25) is 0 Å². The molecular weight excluding hydrogens is 462 g/mol. The Morgan fingerprint density at radius 3 is 2.25 bits per heavy atom. The van der Waals surface area contributed by atoms with Gasteiger partial charge in [-0.1, -0.05) is 25.1 Å². The largest absolute Gasteiger partial charge is 0.378 e. The molecule has 1 fully saturated rings. The topological polar surface area (TPSA) is 36.3 Å². The van der Waals surface area contributed by atoms with Gasteiger partial charge in [-0.2, -0.15) is 0 Å². The summed E-state index contributed by atoms with van der Waals surface area (Å²) < 4.78 is 2.34. The molecule has 2 aromatic heterocycles. The van der Waals surface area contributed by atoms with E-state index in [0.29, 0.717) is 0 Å². The Balaban J connectivity index is 1.63. The van der Waals surface area contributed by atoms with E-state index >= 15 is 0 Å². The number of hydrogen-bond acceptors (Lipinski definition) is 3. The maximum absolute atomic E-state index is 5.93. The lowest BCUT2D eigenvalue weighted by Gasteiger charge is -2.28. The van der Waals surface area contributed by atoms with E-state index in [-0.39, 0.29) is 12.1 Å². The first kappa shape index (κ1) is 24.1. The molecule has 3 heterocycles. The van der Waals surface area contributed by atoms with Crippen LogP contribution in [-0.4, -0.2) is 28.8 Å². The standard InChI is InChI=1S/C30H33N5S/c1-6-22-10-12-25(13-11-22)35-29(28(32-30(35)36)27-9-7-8-18-31-27)26-19-20(2)34(21(26)3)24-16-14-23(15-17-24)33(4)5/h7-19,28-29H,6H2,1-5H3,(H,32,36)/t28-,29-/m0/s1. The van der Waals surface area contributed by atoms with E-state index in [9.17, 15) is 0 Å². The normalized spacial score (nSPS) is 17.4. The van der Waals surface area contributed by atoms with Crippen LogP contribution in [0.3, 0.4) is 0 Å². The predicted octanol–water partition coefficient (Wildman–Crippen LogP) is 6.29. The van der Waals surface area contributed by atoms with Crippen LogP contribution in [0.2, 0.25) is 0 Å². The first-order valence-electron chi connectivity index (χ1n) is 12.4. The van der Waals surface area contributed by atoms with E-state index in [1.807, 2.05) is 18.3 Å². The monoisotopic (exact) mass is 495 g/mol. The average molecular weight is 496 g/mol. The van der Waals surface area contributed by atoms with E-state index in [1.165, 1.54) is 28.2 Å². The number of rotatable bonds is 6. The summed E-state index contributed by atoms with van der Waals surface area (Å²) in [5.74, 6) is 0. The molecular formula is C30H33N5S. The highest BCUT2D eigenvalue weighted by Crippen LogP contribution is 2.43. The minimum absolute atomic E-state index is 0.0270. The van der Waals surface area contributed by atoms with Crippen LogP contribution < -0.4 is 15.1 Å². The van der Waals surface area contributed by atoms with Crippen LogP contribution in [0.4, 0.5) is 11.4 Å². The second-order valence-corrected chi connectivity index (χ2v) is 9.98. The number of thiocarbonyl (C=S) groups is 1. The van der Waals surface area contributed by atoms with Crippen molar-refractivity contribution in [1.29, 1.82) is 0 Å². The molecule has 0 aliphatic carbocycles. The Morgan fingerprint density at radius 1 is 0.944 bits per heavy atom. The van der Waals surface area contributed by atoms with Gasteiger partial charge in [0.1, 0.15) is 0 Å². The summed E-state index contributed by atoms with van der Waals surface area (Å²) >= 11 is 5.93. The Hall–Kier alpha value is -3.64. The molecule has 5 rings (SSSR count). The molecule has 1 aliphatic heterocycles. The Morgan fingerprint density at radius 2 is 1.64 bits per heavy atom. The third kappa shape index (κ3) is 4.26. The maximum Gasteiger partial charge on any atom is 0.174 e. The van der Waals surface area contributed by atoms with Gasteiger partial charge in [-0.25, -0.2) is 0 Å². The lowest BCUT2D eigenvalue weighted by Crippen LogP contribution is -2.29. The molecule has 0 amide bonds. The number of anilines is 2. The molecule has 4 aromatic rings. The van der Waals surface area contributed by atoms with Gasteiger partial charge in [-0.15, -0.1) is 0 Å². The van der Waals surface area contributed by atoms with Crippen LogP contribution in [0.1, 0.15) is 47.2 Å².